The second kappa shape index (κ2) is 6.97. The number of rotatable bonds is 2. The van der Waals surface area contributed by atoms with Gasteiger partial charge in [0.05, 0.1) is 11.6 Å². The number of hydrogen-bond acceptors (Lipinski definition) is 4. The second-order valence-electron chi connectivity index (χ2n) is 6.66. The zero-order valence-electron chi connectivity index (χ0n) is 13.8. The fourth-order valence-corrected chi connectivity index (χ4v) is 2.46. The summed E-state index contributed by atoms with van der Waals surface area (Å²) in [7, 11) is 0. The van der Waals surface area contributed by atoms with E-state index in [9.17, 15) is 9.18 Å². The van der Waals surface area contributed by atoms with Gasteiger partial charge in [0.2, 0.25) is 0 Å². The van der Waals surface area contributed by atoms with Gasteiger partial charge in [0.1, 0.15) is 11.4 Å². The van der Waals surface area contributed by atoms with E-state index in [2.05, 4.69) is 11.0 Å². The maximum atomic E-state index is 13.4. The van der Waals surface area contributed by atoms with Gasteiger partial charge in [-0.15, -0.1) is 0 Å². The number of nitriles is 1. The Kier molecular flexibility index (Phi) is 5.22. The van der Waals surface area contributed by atoms with Gasteiger partial charge >= 0.3 is 6.09 Å². The van der Waals surface area contributed by atoms with E-state index in [4.69, 9.17) is 10.00 Å². The van der Waals surface area contributed by atoms with E-state index in [-0.39, 0.29) is 11.9 Å². The Hall–Kier alpha value is -2.13. The third-order valence-electron chi connectivity index (χ3n) is 3.61. The molecule has 1 aromatic rings. The van der Waals surface area contributed by atoms with Crippen LogP contribution in [0.15, 0.2) is 18.2 Å². The summed E-state index contributed by atoms with van der Waals surface area (Å²) >= 11 is 0. The Balaban J connectivity index is 1.92. The standard InChI is InChI=1S/C17H22FN3O2/c1-17(2,3)23-16(22)21-8-6-20(7-9-21)12-14-10-15(18)5-4-13(14)11-19/h4-5,10H,6-9,12H2,1-3H3. The maximum absolute atomic E-state index is 13.4. The summed E-state index contributed by atoms with van der Waals surface area (Å²) < 4.78 is 18.7. The smallest absolute Gasteiger partial charge is 0.410 e. The Morgan fingerprint density at radius 1 is 1.30 bits per heavy atom. The van der Waals surface area contributed by atoms with E-state index in [0.717, 1.165) is 0 Å². The van der Waals surface area contributed by atoms with Crippen LogP contribution < -0.4 is 0 Å². The molecule has 0 unspecified atom stereocenters. The normalized spacial score (nSPS) is 16.0. The molecule has 124 valence electrons. The van der Waals surface area contributed by atoms with Crippen LogP contribution in [0.25, 0.3) is 0 Å². The minimum Gasteiger partial charge on any atom is -0.444 e. The lowest BCUT2D eigenvalue weighted by Crippen LogP contribution is -2.49. The number of ether oxygens (including phenoxy) is 1. The molecule has 6 heteroatoms. The van der Waals surface area contributed by atoms with Crippen molar-refractivity contribution in [2.75, 3.05) is 26.2 Å². The van der Waals surface area contributed by atoms with Crippen LogP contribution in [-0.4, -0.2) is 47.7 Å². The minimum atomic E-state index is -0.503. The molecule has 1 saturated heterocycles. The van der Waals surface area contributed by atoms with Crippen molar-refractivity contribution >= 4 is 6.09 Å². The second-order valence-corrected chi connectivity index (χ2v) is 6.66. The number of nitrogens with zero attached hydrogens (tertiary/aromatic N) is 3. The van der Waals surface area contributed by atoms with E-state index in [1.165, 1.54) is 18.2 Å². The molecule has 1 aliphatic heterocycles. The van der Waals surface area contributed by atoms with Crippen LogP contribution in [0.2, 0.25) is 0 Å². The Bertz CT molecular complexity index is 611. The van der Waals surface area contributed by atoms with E-state index in [0.29, 0.717) is 43.9 Å². The summed E-state index contributed by atoms with van der Waals surface area (Å²) in [5.41, 5.74) is 0.663. The lowest BCUT2D eigenvalue weighted by atomic mass is 10.1. The predicted octanol–water partition coefficient (Wildman–Crippen LogP) is 2.75. The van der Waals surface area contributed by atoms with Crippen LogP contribution in [0.1, 0.15) is 31.9 Å². The highest BCUT2D eigenvalue weighted by atomic mass is 19.1. The molecule has 1 fully saturated rings. The highest BCUT2D eigenvalue weighted by molar-refractivity contribution is 5.68. The molecule has 23 heavy (non-hydrogen) atoms. The molecule has 1 amide bonds. The Morgan fingerprint density at radius 3 is 2.52 bits per heavy atom. The van der Waals surface area contributed by atoms with Gasteiger partial charge in [0.25, 0.3) is 0 Å². The number of carbonyl (C=O) groups is 1. The van der Waals surface area contributed by atoms with E-state index >= 15 is 0 Å². The van der Waals surface area contributed by atoms with E-state index in [1.54, 1.807) is 4.90 Å². The maximum Gasteiger partial charge on any atom is 0.410 e. The molecule has 2 rings (SSSR count). The summed E-state index contributed by atoms with van der Waals surface area (Å²) in [6.45, 7) is 8.49. The number of halogens is 1. The molecular weight excluding hydrogens is 297 g/mol. The fourth-order valence-electron chi connectivity index (χ4n) is 2.46. The quantitative estimate of drug-likeness (QED) is 0.841. The summed E-state index contributed by atoms with van der Waals surface area (Å²) in [6.07, 6.45) is -0.305. The first-order valence-electron chi connectivity index (χ1n) is 7.67. The summed E-state index contributed by atoms with van der Waals surface area (Å²) in [4.78, 5) is 15.8. The summed E-state index contributed by atoms with van der Waals surface area (Å²) in [5.74, 6) is -0.341. The topological polar surface area (TPSA) is 56.6 Å². The lowest BCUT2D eigenvalue weighted by Gasteiger charge is -2.35. The Morgan fingerprint density at radius 2 is 1.96 bits per heavy atom. The van der Waals surface area contributed by atoms with Crippen LogP contribution in [0.3, 0.4) is 0 Å². The summed E-state index contributed by atoms with van der Waals surface area (Å²) in [6, 6.07) is 6.28. The molecule has 0 aliphatic carbocycles. The van der Waals surface area contributed by atoms with Gasteiger partial charge in [-0.1, -0.05) is 0 Å². The number of hydrogen-bond donors (Lipinski definition) is 0. The molecule has 0 atom stereocenters. The number of carbonyl (C=O) groups excluding carboxylic acids is 1. The minimum absolute atomic E-state index is 0.305. The molecular formula is C17H22FN3O2. The monoisotopic (exact) mass is 319 g/mol. The van der Waals surface area contributed by atoms with Gasteiger partial charge in [0, 0.05) is 32.7 Å². The molecule has 1 heterocycles. The van der Waals surface area contributed by atoms with Crippen molar-refractivity contribution in [3.63, 3.8) is 0 Å². The van der Waals surface area contributed by atoms with Gasteiger partial charge in [-0.05, 0) is 44.5 Å². The number of piperazine rings is 1. The van der Waals surface area contributed by atoms with Crippen molar-refractivity contribution in [3.05, 3.63) is 35.1 Å². The average molecular weight is 319 g/mol. The van der Waals surface area contributed by atoms with Crippen LogP contribution >= 0.6 is 0 Å². The summed E-state index contributed by atoms with van der Waals surface area (Å²) in [5, 5.41) is 9.10. The predicted molar refractivity (Wildman–Crippen MR) is 84.2 cm³/mol. The van der Waals surface area contributed by atoms with Crippen molar-refractivity contribution in [1.29, 1.82) is 5.26 Å². The van der Waals surface area contributed by atoms with Gasteiger partial charge in [-0.2, -0.15) is 5.26 Å². The zero-order valence-corrected chi connectivity index (χ0v) is 13.8. The Labute approximate surface area is 136 Å². The number of benzene rings is 1. The third kappa shape index (κ3) is 4.93. The first-order chi connectivity index (χ1) is 10.8. The third-order valence-corrected chi connectivity index (χ3v) is 3.61. The largest absolute Gasteiger partial charge is 0.444 e. The molecule has 0 spiro atoms. The van der Waals surface area contributed by atoms with E-state index in [1.807, 2.05) is 20.8 Å². The number of amides is 1. The molecule has 0 N–H and O–H groups in total. The van der Waals surface area contributed by atoms with Crippen molar-refractivity contribution in [2.45, 2.75) is 32.9 Å². The highest BCUT2D eigenvalue weighted by Gasteiger charge is 2.26. The first-order valence-corrected chi connectivity index (χ1v) is 7.67. The van der Waals surface area contributed by atoms with Crippen LogP contribution in [0.4, 0.5) is 9.18 Å². The molecule has 5 nitrogen and oxygen atoms in total. The van der Waals surface area contributed by atoms with Gasteiger partial charge in [-0.25, -0.2) is 9.18 Å². The molecule has 0 bridgehead atoms. The molecule has 1 aromatic carbocycles. The lowest BCUT2D eigenvalue weighted by molar-refractivity contribution is 0.0139. The molecule has 0 radical (unpaired) electrons. The first kappa shape index (κ1) is 17.2. The zero-order chi connectivity index (χ0) is 17.0. The van der Waals surface area contributed by atoms with Crippen molar-refractivity contribution < 1.29 is 13.9 Å². The molecule has 1 aliphatic rings. The molecule has 0 aromatic heterocycles. The van der Waals surface area contributed by atoms with Gasteiger partial charge in [0.15, 0.2) is 0 Å². The SMILES string of the molecule is CC(C)(C)OC(=O)N1CCN(Cc2cc(F)ccc2C#N)CC1. The highest BCUT2D eigenvalue weighted by Crippen LogP contribution is 2.16. The van der Waals surface area contributed by atoms with Gasteiger partial charge < -0.3 is 9.64 Å². The van der Waals surface area contributed by atoms with Gasteiger partial charge in [-0.3, -0.25) is 4.90 Å². The molecule has 0 saturated carbocycles. The van der Waals surface area contributed by atoms with Crippen LogP contribution in [-0.2, 0) is 11.3 Å². The van der Waals surface area contributed by atoms with Crippen molar-refractivity contribution in [1.82, 2.24) is 9.80 Å². The van der Waals surface area contributed by atoms with Crippen LogP contribution in [0, 0.1) is 17.1 Å². The van der Waals surface area contributed by atoms with Crippen molar-refractivity contribution in [3.8, 4) is 6.07 Å². The van der Waals surface area contributed by atoms with Crippen LogP contribution in [0.5, 0.6) is 0 Å². The fraction of sp³-hybridized carbons (Fsp3) is 0.529. The van der Waals surface area contributed by atoms with Crippen molar-refractivity contribution in [2.24, 2.45) is 0 Å². The average Bonchev–Trinajstić information content (AvgIpc) is 2.46. The van der Waals surface area contributed by atoms with E-state index < -0.39 is 5.60 Å².